The number of hydrogen-bond donors (Lipinski definition) is 3. The van der Waals surface area contributed by atoms with Crippen LogP contribution in [0.4, 0.5) is 10.5 Å². The first kappa shape index (κ1) is 28.8. The molecule has 2 aromatic heterocycles. The number of nitrogens with one attached hydrogen (secondary N) is 2. The molecule has 1 aliphatic carbocycles. The van der Waals surface area contributed by atoms with Crippen LogP contribution >= 0.6 is 0 Å². The number of H-pyrrole nitrogens is 1. The molecule has 0 atom stereocenters. The van der Waals surface area contributed by atoms with Crippen LogP contribution in [0.5, 0.6) is 0 Å². The molecule has 212 valence electrons. The van der Waals surface area contributed by atoms with Crippen LogP contribution in [0.25, 0.3) is 11.3 Å². The van der Waals surface area contributed by atoms with Crippen molar-refractivity contribution in [3.8, 4) is 11.3 Å². The lowest BCUT2D eigenvalue weighted by atomic mass is 9.90. The summed E-state index contributed by atoms with van der Waals surface area (Å²) in [6, 6.07) is 6.01. The standard InChI is InChI=1S/C30H38N6O4/c1-6-36(22-7-9-23(10-8-22)40-30(31)39)27-13-21(26-16-32-19(4)14-33-26)12-24(20(27)5)28(37)34-15-25-17(2)11-18(3)35-29(25)38/h11-14,16,22-23H,6-10,15H2,1-5H3,(H2,31,39)(H,34,37)(H,35,38)/t22-,23-. The summed E-state index contributed by atoms with van der Waals surface area (Å²) in [6.45, 7) is 10.5. The minimum Gasteiger partial charge on any atom is -0.446 e. The number of aryl methyl sites for hydroxylation is 3. The van der Waals surface area contributed by atoms with Gasteiger partial charge in [-0.3, -0.25) is 19.6 Å². The van der Waals surface area contributed by atoms with Crippen molar-refractivity contribution in [3.63, 3.8) is 0 Å². The van der Waals surface area contributed by atoms with E-state index in [2.05, 4.69) is 38.2 Å². The van der Waals surface area contributed by atoms with Crippen molar-refractivity contribution in [1.29, 1.82) is 0 Å². The maximum Gasteiger partial charge on any atom is 0.404 e. The first-order valence-electron chi connectivity index (χ1n) is 13.7. The number of carbonyl (C=O) groups is 2. The predicted octanol–water partition coefficient (Wildman–Crippen LogP) is 4.23. The molecule has 4 rings (SSSR count). The normalized spacial score (nSPS) is 16.8. The van der Waals surface area contributed by atoms with Crippen LogP contribution in [0.15, 0.2) is 35.4 Å². The van der Waals surface area contributed by atoms with Gasteiger partial charge in [0.15, 0.2) is 0 Å². The van der Waals surface area contributed by atoms with Gasteiger partial charge >= 0.3 is 6.09 Å². The number of ether oxygens (including phenoxy) is 1. The number of anilines is 1. The number of carbonyl (C=O) groups excluding carboxylic acids is 2. The van der Waals surface area contributed by atoms with Gasteiger partial charge in [-0.25, -0.2) is 4.79 Å². The molecule has 1 saturated carbocycles. The van der Waals surface area contributed by atoms with Gasteiger partial charge in [-0.05, 0) is 89.6 Å². The Morgan fingerprint density at radius 2 is 1.80 bits per heavy atom. The molecular weight excluding hydrogens is 508 g/mol. The summed E-state index contributed by atoms with van der Waals surface area (Å²) >= 11 is 0. The van der Waals surface area contributed by atoms with Crippen LogP contribution in [-0.2, 0) is 11.3 Å². The average molecular weight is 547 g/mol. The van der Waals surface area contributed by atoms with Crippen LogP contribution < -0.4 is 21.5 Å². The van der Waals surface area contributed by atoms with Gasteiger partial charge in [0, 0.05) is 53.4 Å². The highest BCUT2D eigenvalue weighted by atomic mass is 16.6. The van der Waals surface area contributed by atoms with Crippen LogP contribution in [0.2, 0.25) is 0 Å². The van der Waals surface area contributed by atoms with Gasteiger partial charge < -0.3 is 25.7 Å². The summed E-state index contributed by atoms with van der Waals surface area (Å²) in [4.78, 5) is 51.4. The van der Waals surface area contributed by atoms with E-state index in [0.29, 0.717) is 16.8 Å². The lowest BCUT2D eigenvalue weighted by molar-refractivity contribution is 0.0784. The molecule has 3 aromatic rings. The Morgan fingerprint density at radius 1 is 1.07 bits per heavy atom. The van der Waals surface area contributed by atoms with Gasteiger partial charge in [-0.2, -0.15) is 0 Å². The van der Waals surface area contributed by atoms with E-state index in [9.17, 15) is 14.4 Å². The Balaban J connectivity index is 1.68. The fourth-order valence-electron chi connectivity index (χ4n) is 5.55. The maximum atomic E-state index is 13.6. The van der Waals surface area contributed by atoms with E-state index >= 15 is 0 Å². The van der Waals surface area contributed by atoms with E-state index in [1.54, 1.807) is 12.4 Å². The topological polar surface area (TPSA) is 143 Å². The highest BCUT2D eigenvalue weighted by Crippen LogP contribution is 2.35. The second kappa shape index (κ2) is 12.3. The van der Waals surface area contributed by atoms with E-state index in [-0.39, 0.29) is 30.2 Å². The molecule has 4 N–H and O–H groups in total. The molecule has 0 radical (unpaired) electrons. The number of amides is 2. The smallest absolute Gasteiger partial charge is 0.404 e. The summed E-state index contributed by atoms with van der Waals surface area (Å²) in [7, 11) is 0. The first-order valence-corrected chi connectivity index (χ1v) is 13.7. The van der Waals surface area contributed by atoms with Crippen LogP contribution in [0.1, 0.15) is 71.0 Å². The molecule has 1 aromatic carbocycles. The number of pyridine rings is 1. The molecule has 1 aliphatic rings. The number of aromatic nitrogens is 3. The third-order valence-electron chi connectivity index (χ3n) is 7.64. The third-order valence-corrected chi connectivity index (χ3v) is 7.64. The van der Waals surface area contributed by atoms with E-state index in [4.69, 9.17) is 10.5 Å². The van der Waals surface area contributed by atoms with Crippen molar-refractivity contribution in [2.75, 3.05) is 11.4 Å². The average Bonchev–Trinajstić information content (AvgIpc) is 2.90. The number of hydrogen-bond acceptors (Lipinski definition) is 7. The minimum absolute atomic E-state index is 0.116. The number of nitrogens with two attached hydrogens (primary N) is 1. The molecule has 0 spiro atoms. The van der Waals surface area contributed by atoms with Crippen molar-refractivity contribution < 1.29 is 14.3 Å². The van der Waals surface area contributed by atoms with Gasteiger partial charge in [0.2, 0.25) is 0 Å². The number of rotatable bonds is 8. The zero-order valence-corrected chi connectivity index (χ0v) is 23.8. The Kier molecular flexibility index (Phi) is 8.86. The molecule has 40 heavy (non-hydrogen) atoms. The Bertz CT molecular complexity index is 1440. The number of nitrogens with zero attached hydrogens (tertiary/aromatic N) is 3. The zero-order chi connectivity index (χ0) is 29.0. The predicted molar refractivity (Wildman–Crippen MR) is 154 cm³/mol. The molecular formula is C30H38N6O4. The monoisotopic (exact) mass is 546 g/mol. The molecule has 2 heterocycles. The zero-order valence-electron chi connectivity index (χ0n) is 23.8. The first-order chi connectivity index (χ1) is 19.1. The summed E-state index contributed by atoms with van der Waals surface area (Å²) in [5.41, 5.74) is 11.7. The fourth-order valence-corrected chi connectivity index (χ4v) is 5.55. The van der Waals surface area contributed by atoms with Gasteiger partial charge in [-0.1, -0.05) is 0 Å². The Hall–Kier alpha value is -4.21. The largest absolute Gasteiger partial charge is 0.446 e. The van der Waals surface area contributed by atoms with Gasteiger partial charge in [0.05, 0.1) is 17.6 Å². The lowest BCUT2D eigenvalue weighted by Gasteiger charge is -2.38. The summed E-state index contributed by atoms with van der Waals surface area (Å²) in [5.74, 6) is -0.269. The van der Waals surface area contributed by atoms with E-state index < -0.39 is 6.09 Å². The number of benzene rings is 1. The minimum atomic E-state index is -0.739. The SMILES string of the molecule is CCN(c1cc(-c2cnc(C)cn2)cc(C(=O)NCc2c(C)cc(C)[nH]c2=O)c1C)[C@H]1CC[C@H](OC(N)=O)CC1. The second-order valence-corrected chi connectivity index (χ2v) is 10.5. The van der Waals surface area contributed by atoms with Gasteiger partial charge in [-0.15, -0.1) is 0 Å². The molecule has 0 unspecified atom stereocenters. The van der Waals surface area contributed by atoms with Crippen LogP contribution in [0, 0.1) is 27.7 Å². The molecule has 2 amide bonds. The molecule has 0 bridgehead atoms. The van der Waals surface area contributed by atoms with Gasteiger partial charge in [0.1, 0.15) is 6.10 Å². The maximum absolute atomic E-state index is 13.6. The van der Waals surface area contributed by atoms with Crippen LogP contribution in [0.3, 0.4) is 0 Å². The van der Waals surface area contributed by atoms with Crippen molar-refractivity contribution >= 4 is 17.7 Å². The van der Waals surface area contributed by atoms with E-state index in [1.165, 1.54) is 0 Å². The Labute approximate surface area is 234 Å². The summed E-state index contributed by atoms with van der Waals surface area (Å²) in [5, 5.41) is 2.96. The van der Waals surface area contributed by atoms with E-state index in [0.717, 1.165) is 66.0 Å². The van der Waals surface area contributed by atoms with E-state index in [1.807, 2.05) is 39.8 Å². The number of aromatic amines is 1. The number of primary amides is 1. The highest BCUT2D eigenvalue weighted by Gasteiger charge is 2.29. The summed E-state index contributed by atoms with van der Waals surface area (Å²) < 4.78 is 5.23. The fraction of sp³-hybridized carbons (Fsp3) is 0.433. The molecule has 1 fully saturated rings. The molecule has 10 heteroatoms. The van der Waals surface area contributed by atoms with Crippen molar-refractivity contribution in [2.24, 2.45) is 5.73 Å². The second-order valence-electron chi connectivity index (χ2n) is 10.5. The highest BCUT2D eigenvalue weighted by molar-refractivity contribution is 5.98. The van der Waals surface area contributed by atoms with Gasteiger partial charge in [0.25, 0.3) is 11.5 Å². The molecule has 10 nitrogen and oxygen atoms in total. The van der Waals surface area contributed by atoms with Crippen molar-refractivity contribution in [2.45, 2.75) is 79.0 Å². The van der Waals surface area contributed by atoms with Crippen molar-refractivity contribution in [3.05, 3.63) is 74.6 Å². The van der Waals surface area contributed by atoms with Crippen LogP contribution in [-0.4, -0.2) is 45.6 Å². The Morgan fingerprint density at radius 3 is 2.40 bits per heavy atom. The molecule has 0 aliphatic heterocycles. The third kappa shape index (κ3) is 6.50. The lowest BCUT2D eigenvalue weighted by Crippen LogP contribution is -2.41. The molecule has 0 saturated heterocycles. The summed E-state index contributed by atoms with van der Waals surface area (Å²) in [6.07, 6.45) is 5.62. The quantitative estimate of drug-likeness (QED) is 0.384. The van der Waals surface area contributed by atoms with Crippen molar-refractivity contribution in [1.82, 2.24) is 20.3 Å².